The highest BCUT2D eigenvalue weighted by Gasteiger charge is 2.16. The number of para-hydroxylation sites is 1. The molecule has 118 valence electrons. The van der Waals surface area contributed by atoms with Crippen LogP contribution in [0.3, 0.4) is 0 Å². The number of anilines is 2. The molecule has 1 aromatic heterocycles. The molecule has 4 rings (SSSR count). The predicted octanol–water partition coefficient (Wildman–Crippen LogP) is 6.61. The predicted molar refractivity (Wildman–Crippen MR) is 106 cm³/mol. The van der Waals surface area contributed by atoms with E-state index in [1.807, 2.05) is 53.9 Å². The number of carbonyl (C=O) groups is 1. The third-order valence-electron chi connectivity index (χ3n) is 3.63. The summed E-state index contributed by atoms with van der Waals surface area (Å²) in [7, 11) is 0. The van der Waals surface area contributed by atoms with Crippen molar-refractivity contribution in [3.05, 3.63) is 74.9 Å². The van der Waals surface area contributed by atoms with Gasteiger partial charge in [-0.15, -0.1) is 11.3 Å². The van der Waals surface area contributed by atoms with E-state index in [1.165, 1.54) is 4.90 Å². The summed E-state index contributed by atoms with van der Waals surface area (Å²) in [5.41, 5.74) is 2.75. The van der Waals surface area contributed by atoms with Crippen molar-refractivity contribution in [2.75, 3.05) is 5.32 Å². The summed E-state index contributed by atoms with van der Waals surface area (Å²) < 4.78 is 1.04. The number of carbonyl (C=O) groups excluding carboxylic acids is 1. The Hall–Kier alpha value is -1.82. The van der Waals surface area contributed by atoms with Gasteiger partial charge < -0.3 is 5.32 Å². The Morgan fingerprint density at radius 2 is 1.88 bits per heavy atom. The van der Waals surface area contributed by atoms with Crippen LogP contribution in [-0.2, 0) is 0 Å². The van der Waals surface area contributed by atoms with E-state index in [1.54, 1.807) is 29.2 Å². The first-order valence-electron chi connectivity index (χ1n) is 7.33. The first-order chi connectivity index (χ1) is 11.7. The lowest BCUT2D eigenvalue weighted by atomic mass is 10.1. The topological polar surface area (TPSA) is 29.1 Å². The number of halogens is 1. The highest BCUT2D eigenvalue weighted by Crippen LogP contribution is 2.44. The van der Waals surface area contributed by atoms with Crippen molar-refractivity contribution in [1.29, 1.82) is 0 Å². The number of thiophene rings is 1. The number of allylic oxidation sites excluding steroid dienone is 1. The van der Waals surface area contributed by atoms with Gasteiger partial charge in [-0.05, 0) is 64.5 Å². The van der Waals surface area contributed by atoms with Gasteiger partial charge in [0, 0.05) is 30.1 Å². The molecule has 1 aliphatic rings. The molecule has 3 aromatic rings. The zero-order valence-electron chi connectivity index (χ0n) is 12.5. The zero-order chi connectivity index (χ0) is 16.5. The first-order valence-corrected chi connectivity index (χ1v) is 9.82. The Morgan fingerprint density at radius 3 is 2.71 bits per heavy atom. The van der Waals surface area contributed by atoms with E-state index in [2.05, 4.69) is 27.3 Å². The van der Waals surface area contributed by atoms with Crippen molar-refractivity contribution in [2.24, 2.45) is 0 Å². The van der Waals surface area contributed by atoms with Crippen LogP contribution in [0.5, 0.6) is 0 Å². The summed E-state index contributed by atoms with van der Waals surface area (Å²) in [6.45, 7) is 0. The number of hydrogen-bond acceptors (Lipinski definition) is 4. The third-order valence-corrected chi connectivity index (χ3v) is 6.44. The Bertz CT molecular complexity index is 962. The van der Waals surface area contributed by atoms with Gasteiger partial charge in [-0.2, -0.15) is 0 Å². The molecule has 0 saturated carbocycles. The maximum Gasteiger partial charge on any atom is 0.185 e. The molecule has 2 heterocycles. The fraction of sp³-hybridized carbons (Fsp3) is 0. The minimum Gasteiger partial charge on any atom is -0.354 e. The molecule has 0 spiro atoms. The van der Waals surface area contributed by atoms with Crippen molar-refractivity contribution in [3.63, 3.8) is 0 Å². The lowest BCUT2D eigenvalue weighted by Gasteiger charge is -2.20. The molecule has 0 unspecified atom stereocenters. The smallest absolute Gasteiger partial charge is 0.185 e. The molecule has 0 saturated heterocycles. The lowest BCUT2D eigenvalue weighted by Crippen LogP contribution is -2.02. The fourth-order valence-electron chi connectivity index (χ4n) is 2.46. The molecule has 0 fully saturated rings. The average Bonchev–Trinajstić information content (AvgIpc) is 3.02. The van der Waals surface area contributed by atoms with E-state index in [-0.39, 0.29) is 5.78 Å². The largest absolute Gasteiger partial charge is 0.354 e. The minimum atomic E-state index is 0.00739. The number of rotatable bonds is 3. The molecule has 0 atom stereocenters. The Balaban J connectivity index is 1.58. The minimum absolute atomic E-state index is 0.00739. The van der Waals surface area contributed by atoms with Crippen molar-refractivity contribution in [1.82, 2.24) is 0 Å². The first kappa shape index (κ1) is 15.7. The number of benzene rings is 2. The van der Waals surface area contributed by atoms with Gasteiger partial charge in [-0.1, -0.05) is 23.9 Å². The van der Waals surface area contributed by atoms with Gasteiger partial charge in [0.15, 0.2) is 5.78 Å². The van der Waals surface area contributed by atoms with Crippen molar-refractivity contribution < 1.29 is 4.79 Å². The molecular formula is C19H12BrNOS2. The van der Waals surface area contributed by atoms with Crippen molar-refractivity contribution in [3.8, 4) is 0 Å². The number of nitrogens with one attached hydrogen (secondary N) is 1. The molecule has 0 aliphatic carbocycles. The number of ketones is 1. The van der Waals surface area contributed by atoms with Crippen LogP contribution < -0.4 is 5.32 Å². The standard InChI is InChI=1S/C19H12BrNOS2/c20-13-10-14(23-11-13)6-7-17(22)12-5-8-19-16(9-12)21-15-3-1-2-4-18(15)24-19/h1-11,21H/b7-6+. The summed E-state index contributed by atoms with van der Waals surface area (Å²) in [6.07, 6.45) is 3.48. The quantitative estimate of drug-likeness (QED) is 0.302. The molecule has 0 amide bonds. The summed E-state index contributed by atoms with van der Waals surface area (Å²) in [6, 6.07) is 16.0. The maximum atomic E-state index is 12.4. The monoisotopic (exact) mass is 413 g/mol. The second-order valence-electron chi connectivity index (χ2n) is 5.30. The SMILES string of the molecule is O=C(/C=C/c1cc(Br)cs1)c1ccc2c(c1)Nc1ccccc1S2. The molecule has 5 heteroatoms. The third kappa shape index (κ3) is 3.20. The average molecular weight is 414 g/mol. The Kier molecular flexibility index (Phi) is 4.31. The van der Waals surface area contributed by atoms with Crippen LogP contribution in [-0.4, -0.2) is 5.78 Å². The van der Waals surface area contributed by atoms with Gasteiger partial charge in [-0.25, -0.2) is 0 Å². The van der Waals surface area contributed by atoms with Gasteiger partial charge in [0.05, 0.1) is 11.4 Å². The number of hydrogen-bond donors (Lipinski definition) is 1. The zero-order valence-corrected chi connectivity index (χ0v) is 15.7. The molecule has 2 aromatic carbocycles. The van der Waals surface area contributed by atoms with Gasteiger partial charge >= 0.3 is 0 Å². The van der Waals surface area contributed by atoms with Gasteiger partial charge in [-0.3, -0.25) is 4.79 Å². The van der Waals surface area contributed by atoms with Gasteiger partial charge in [0.25, 0.3) is 0 Å². The summed E-state index contributed by atoms with van der Waals surface area (Å²) in [5.74, 6) is 0.00739. The van der Waals surface area contributed by atoms with Crippen LogP contribution in [0.15, 0.2) is 74.3 Å². The Morgan fingerprint density at radius 1 is 1.04 bits per heavy atom. The Labute approximate surface area is 156 Å². The fourth-order valence-corrected chi connectivity index (χ4v) is 4.77. The molecule has 1 aliphatic heterocycles. The summed E-state index contributed by atoms with van der Waals surface area (Å²) >= 11 is 6.74. The molecular weight excluding hydrogens is 402 g/mol. The highest BCUT2D eigenvalue weighted by molar-refractivity contribution is 9.10. The van der Waals surface area contributed by atoms with Crippen LogP contribution in [0.1, 0.15) is 15.2 Å². The van der Waals surface area contributed by atoms with E-state index in [0.29, 0.717) is 5.56 Å². The normalized spacial score (nSPS) is 12.5. The van der Waals surface area contributed by atoms with Crippen molar-refractivity contribution in [2.45, 2.75) is 9.79 Å². The van der Waals surface area contributed by atoms with Crippen LogP contribution in [0, 0.1) is 0 Å². The van der Waals surface area contributed by atoms with Crippen molar-refractivity contribution >= 4 is 62.3 Å². The van der Waals surface area contributed by atoms with Crippen LogP contribution in [0.4, 0.5) is 11.4 Å². The van der Waals surface area contributed by atoms with E-state index in [0.717, 1.165) is 25.6 Å². The van der Waals surface area contributed by atoms with Crippen LogP contribution in [0.2, 0.25) is 0 Å². The molecule has 0 bridgehead atoms. The number of fused-ring (bicyclic) bond motifs is 2. The molecule has 2 nitrogen and oxygen atoms in total. The van der Waals surface area contributed by atoms with E-state index in [9.17, 15) is 4.79 Å². The molecule has 1 N–H and O–H groups in total. The maximum absolute atomic E-state index is 12.4. The van der Waals surface area contributed by atoms with E-state index < -0.39 is 0 Å². The lowest BCUT2D eigenvalue weighted by molar-refractivity contribution is 0.104. The van der Waals surface area contributed by atoms with E-state index in [4.69, 9.17) is 0 Å². The second kappa shape index (κ2) is 6.59. The summed E-state index contributed by atoms with van der Waals surface area (Å²) in [5, 5.41) is 5.41. The second-order valence-corrected chi connectivity index (χ2v) is 8.24. The van der Waals surface area contributed by atoms with Crippen LogP contribution in [0.25, 0.3) is 6.08 Å². The van der Waals surface area contributed by atoms with Gasteiger partial charge in [0.1, 0.15) is 0 Å². The highest BCUT2D eigenvalue weighted by atomic mass is 79.9. The summed E-state index contributed by atoms with van der Waals surface area (Å²) in [4.78, 5) is 15.8. The molecule has 24 heavy (non-hydrogen) atoms. The van der Waals surface area contributed by atoms with Crippen LogP contribution >= 0.6 is 39.0 Å². The molecule has 0 radical (unpaired) electrons. The van der Waals surface area contributed by atoms with E-state index >= 15 is 0 Å². The van der Waals surface area contributed by atoms with Gasteiger partial charge in [0.2, 0.25) is 0 Å².